The van der Waals surface area contributed by atoms with E-state index < -0.39 is 56.9 Å². The minimum Gasteiger partial charge on any atom is -0.497 e. The first-order valence-electron chi connectivity index (χ1n) is 13.4. The zero-order valence-corrected chi connectivity index (χ0v) is 25.7. The highest BCUT2D eigenvalue weighted by Gasteiger charge is 2.37. The summed E-state index contributed by atoms with van der Waals surface area (Å²) in [6.07, 6.45) is -4.69. The number of nitrogens with one attached hydrogen (secondary N) is 1. The number of nitrogens with zero attached hydrogens (tertiary/aromatic N) is 2. The van der Waals surface area contributed by atoms with Gasteiger partial charge in [0.25, 0.3) is 10.0 Å². The van der Waals surface area contributed by atoms with Crippen molar-refractivity contribution in [1.29, 1.82) is 0 Å². The van der Waals surface area contributed by atoms with E-state index in [1.807, 2.05) is 0 Å². The highest BCUT2D eigenvalue weighted by atomic mass is 35.5. The molecular weight excluding hydrogens is 607 g/mol. The topological polar surface area (TPSA) is 96.0 Å². The van der Waals surface area contributed by atoms with Gasteiger partial charge in [0.05, 0.1) is 28.3 Å². The molecule has 43 heavy (non-hydrogen) atoms. The highest BCUT2D eigenvalue weighted by Crippen LogP contribution is 2.38. The predicted octanol–water partition coefficient (Wildman–Crippen LogP) is 5.81. The van der Waals surface area contributed by atoms with Crippen LogP contribution in [0.1, 0.15) is 37.0 Å². The van der Waals surface area contributed by atoms with Crippen LogP contribution in [0.2, 0.25) is 5.02 Å². The summed E-state index contributed by atoms with van der Waals surface area (Å²) in [5, 5.41) is 2.06. The largest absolute Gasteiger partial charge is 0.497 e. The molecule has 3 aromatic rings. The summed E-state index contributed by atoms with van der Waals surface area (Å²) < 4.78 is 74.9. The molecule has 0 aliphatic rings. The summed E-state index contributed by atoms with van der Waals surface area (Å²) in [5.41, 5.74) is -0.297. The standard InChI is InChI=1S/C30H33ClF3N3O5S/c1-5-27(29(39)35-6-2)36(18-21-9-12-23(42-4)13-10-21)28(38)19-37(43(40,41)24-14-7-20(3)8-15-24)22-11-16-26(31)25(17-22)30(32,33)34/h7-17,27H,5-6,18-19H2,1-4H3,(H,35,39)/t27-/m0/s1. The van der Waals surface area contributed by atoms with Crippen molar-refractivity contribution in [3.8, 4) is 5.75 Å². The van der Waals surface area contributed by atoms with E-state index in [2.05, 4.69) is 5.32 Å². The van der Waals surface area contributed by atoms with Crippen molar-refractivity contribution in [3.63, 3.8) is 0 Å². The van der Waals surface area contributed by atoms with E-state index in [0.717, 1.165) is 17.7 Å². The molecule has 13 heteroatoms. The maximum Gasteiger partial charge on any atom is 0.417 e. The van der Waals surface area contributed by atoms with Crippen LogP contribution >= 0.6 is 11.6 Å². The first-order valence-corrected chi connectivity index (χ1v) is 15.2. The van der Waals surface area contributed by atoms with E-state index in [4.69, 9.17) is 16.3 Å². The van der Waals surface area contributed by atoms with Crippen LogP contribution in [0.15, 0.2) is 71.6 Å². The normalized spacial score (nSPS) is 12.4. The van der Waals surface area contributed by atoms with Crippen molar-refractivity contribution in [3.05, 3.63) is 88.4 Å². The second-order valence-electron chi connectivity index (χ2n) is 9.67. The number of alkyl halides is 3. The number of benzene rings is 3. The van der Waals surface area contributed by atoms with E-state index in [1.165, 1.54) is 36.3 Å². The third-order valence-corrected chi connectivity index (χ3v) is 8.80. The second kappa shape index (κ2) is 14.1. The van der Waals surface area contributed by atoms with Crippen LogP contribution in [0.5, 0.6) is 5.75 Å². The Morgan fingerprint density at radius 2 is 1.63 bits per heavy atom. The monoisotopic (exact) mass is 639 g/mol. The maximum absolute atomic E-state index is 14.0. The van der Waals surface area contributed by atoms with Crippen LogP contribution in [0, 0.1) is 6.92 Å². The quantitative estimate of drug-likeness (QED) is 0.270. The summed E-state index contributed by atoms with van der Waals surface area (Å²) in [5.74, 6) is -0.685. The van der Waals surface area contributed by atoms with Crippen LogP contribution in [-0.2, 0) is 32.3 Å². The molecule has 0 saturated heterocycles. The van der Waals surface area contributed by atoms with Gasteiger partial charge in [0.15, 0.2) is 0 Å². The molecule has 2 amide bonds. The van der Waals surface area contributed by atoms with E-state index in [-0.39, 0.29) is 17.9 Å². The second-order valence-corrected chi connectivity index (χ2v) is 11.9. The molecule has 1 atom stereocenters. The third-order valence-electron chi connectivity index (χ3n) is 6.68. The van der Waals surface area contributed by atoms with Gasteiger partial charge in [0.1, 0.15) is 18.3 Å². The Morgan fingerprint density at radius 1 is 1.00 bits per heavy atom. The first-order chi connectivity index (χ1) is 20.2. The minimum absolute atomic E-state index is 0.0781. The number of sulfonamides is 1. The lowest BCUT2D eigenvalue weighted by Crippen LogP contribution is -2.52. The Labute approximate surface area is 254 Å². The molecule has 0 aliphatic carbocycles. The van der Waals surface area contributed by atoms with Crippen molar-refractivity contribution < 1.29 is 35.9 Å². The smallest absolute Gasteiger partial charge is 0.417 e. The predicted molar refractivity (Wildman–Crippen MR) is 158 cm³/mol. The van der Waals surface area contributed by atoms with Crippen molar-refractivity contribution in [2.75, 3.05) is 24.5 Å². The van der Waals surface area contributed by atoms with Gasteiger partial charge in [-0.3, -0.25) is 13.9 Å². The summed E-state index contributed by atoms with van der Waals surface area (Å²) in [6, 6.07) is 14.1. The van der Waals surface area contributed by atoms with Crippen molar-refractivity contribution >= 4 is 39.1 Å². The Hall–Kier alpha value is -3.77. The van der Waals surface area contributed by atoms with Gasteiger partial charge in [-0.2, -0.15) is 13.2 Å². The summed E-state index contributed by atoms with van der Waals surface area (Å²) in [4.78, 5) is 28.0. The number of anilines is 1. The Morgan fingerprint density at radius 3 is 2.16 bits per heavy atom. The fourth-order valence-corrected chi connectivity index (χ4v) is 6.02. The number of halogens is 4. The molecule has 1 N–H and O–H groups in total. The van der Waals surface area contributed by atoms with Gasteiger partial charge in [-0.15, -0.1) is 0 Å². The lowest BCUT2D eigenvalue weighted by Gasteiger charge is -2.33. The van der Waals surface area contributed by atoms with Crippen molar-refractivity contribution in [2.24, 2.45) is 0 Å². The molecule has 0 spiro atoms. The van der Waals surface area contributed by atoms with E-state index in [9.17, 15) is 31.2 Å². The molecule has 0 saturated carbocycles. The summed E-state index contributed by atoms with van der Waals surface area (Å²) >= 11 is 5.81. The molecule has 0 radical (unpaired) electrons. The molecule has 0 aromatic heterocycles. The van der Waals surface area contributed by atoms with Crippen LogP contribution in [-0.4, -0.2) is 51.4 Å². The summed E-state index contributed by atoms with van der Waals surface area (Å²) in [7, 11) is -3.06. The number of aryl methyl sites for hydroxylation is 1. The number of methoxy groups -OCH3 is 1. The lowest BCUT2D eigenvalue weighted by atomic mass is 10.1. The fourth-order valence-electron chi connectivity index (χ4n) is 4.39. The number of rotatable bonds is 12. The molecule has 8 nitrogen and oxygen atoms in total. The average Bonchev–Trinajstić information content (AvgIpc) is 2.96. The van der Waals surface area contributed by atoms with Crippen LogP contribution in [0.4, 0.5) is 18.9 Å². The van der Waals surface area contributed by atoms with Gasteiger partial charge in [-0.25, -0.2) is 8.42 Å². The third kappa shape index (κ3) is 8.20. The van der Waals surface area contributed by atoms with E-state index >= 15 is 0 Å². The molecule has 0 unspecified atom stereocenters. The molecule has 3 aromatic carbocycles. The number of likely N-dealkylation sites (N-methyl/N-ethyl adjacent to an activating group) is 1. The molecule has 0 bridgehead atoms. The highest BCUT2D eigenvalue weighted by molar-refractivity contribution is 7.92. The van der Waals surface area contributed by atoms with Crippen molar-refractivity contribution in [1.82, 2.24) is 10.2 Å². The number of hydrogen-bond acceptors (Lipinski definition) is 5. The van der Waals surface area contributed by atoms with Gasteiger partial charge in [-0.1, -0.05) is 48.4 Å². The Kier molecular flexibility index (Phi) is 11.1. The Bertz CT molecular complexity index is 1530. The van der Waals surface area contributed by atoms with Gasteiger partial charge >= 0.3 is 6.18 Å². The molecular formula is C30H33ClF3N3O5S. The molecule has 0 fully saturated rings. The number of amides is 2. The average molecular weight is 640 g/mol. The number of hydrogen-bond donors (Lipinski definition) is 1. The zero-order chi connectivity index (χ0) is 31.9. The molecule has 0 heterocycles. The number of ether oxygens (including phenoxy) is 1. The van der Waals surface area contributed by atoms with Crippen LogP contribution in [0.25, 0.3) is 0 Å². The van der Waals surface area contributed by atoms with Gasteiger partial charge < -0.3 is 15.0 Å². The number of carbonyl (C=O) groups is 2. The van der Waals surface area contributed by atoms with E-state index in [0.29, 0.717) is 28.2 Å². The van der Waals surface area contributed by atoms with E-state index in [1.54, 1.807) is 45.0 Å². The van der Waals surface area contributed by atoms with Gasteiger partial charge in [0, 0.05) is 13.1 Å². The molecule has 3 rings (SSSR count). The first kappa shape index (κ1) is 33.7. The van der Waals surface area contributed by atoms with Gasteiger partial charge in [0.2, 0.25) is 11.8 Å². The maximum atomic E-state index is 14.0. The minimum atomic E-state index is -4.89. The Balaban J connectivity index is 2.14. The van der Waals surface area contributed by atoms with Crippen LogP contribution in [0.3, 0.4) is 0 Å². The summed E-state index contributed by atoms with van der Waals surface area (Å²) in [6.45, 7) is 4.49. The van der Waals surface area contributed by atoms with Gasteiger partial charge in [-0.05, 0) is 68.3 Å². The lowest BCUT2D eigenvalue weighted by molar-refractivity contribution is -0.140. The molecule has 0 aliphatic heterocycles. The molecule has 232 valence electrons. The number of carbonyl (C=O) groups excluding carboxylic acids is 2. The zero-order valence-electron chi connectivity index (χ0n) is 24.1. The van der Waals surface area contributed by atoms with Crippen LogP contribution < -0.4 is 14.4 Å². The SMILES string of the molecule is CCNC(=O)[C@H](CC)N(Cc1ccc(OC)cc1)C(=O)CN(c1ccc(Cl)c(C(F)(F)F)c1)S(=O)(=O)c1ccc(C)cc1. The van der Waals surface area contributed by atoms with Crippen molar-refractivity contribution in [2.45, 2.75) is 50.9 Å². The fraction of sp³-hybridized carbons (Fsp3) is 0.333.